The number of fused-ring (bicyclic) bond motifs is 1. The van der Waals surface area contributed by atoms with E-state index in [1.807, 2.05) is 72.4 Å². The number of hydrogen-bond donors (Lipinski definition) is 2. The Morgan fingerprint density at radius 2 is 1.91 bits per heavy atom. The third-order valence-electron chi connectivity index (χ3n) is 5.62. The van der Waals surface area contributed by atoms with Crippen LogP contribution in [0.1, 0.15) is 19.8 Å². The van der Waals surface area contributed by atoms with Gasteiger partial charge in [-0.2, -0.15) is 0 Å². The summed E-state index contributed by atoms with van der Waals surface area (Å²) in [6.45, 7) is 8.91. The fourth-order valence-electron chi connectivity index (χ4n) is 3.72. The maximum absolute atomic E-state index is 4.80. The molecule has 7 nitrogen and oxygen atoms in total. The number of anilines is 2. The SMILES string of the molecule is C=C(C=CC=CC)CNc1ccc(-c2cnc3ccc(NC4CCN(C)CC4)nn23)cn1. The van der Waals surface area contributed by atoms with Gasteiger partial charge < -0.3 is 15.5 Å². The summed E-state index contributed by atoms with van der Waals surface area (Å²) in [4.78, 5) is 11.4. The lowest BCUT2D eigenvalue weighted by Gasteiger charge is -2.29. The summed E-state index contributed by atoms with van der Waals surface area (Å²) in [6, 6.07) is 8.48. The van der Waals surface area contributed by atoms with Gasteiger partial charge in [0.1, 0.15) is 11.6 Å². The molecule has 3 aromatic rings. The molecule has 0 radical (unpaired) electrons. The van der Waals surface area contributed by atoms with Crippen LogP contribution in [0.3, 0.4) is 0 Å². The molecule has 0 saturated carbocycles. The van der Waals surface area contributed by atoms with E-state index < -0.39 is 0 Å². The summed E-state index contributed by atoms with van der Waals surface area (Å²) in [6.07, 6.45) is 13.9. The van der Waals surface area contributed by atoms with Crippen LogP contribution in [0.25, 0.3) is 16.9 Å². The van der Waals surface area contributed by atoms with Crippen molar-refractivity contribution in [3.63, 3.8) is 0 Å². The van der Waals surface area contributed by atoms with Crippen molar-refractivity contribution in [1.82, 2.24) is 24.5 Å². The van der Waals surface area contributed by atoms with Crippen molar-refractivity contribution in [2.75, 3.05) is 37.3 Å². The van der Waals surface area contributed by atoms with Crippen molar-refractivity contribution >= 4 is 17.3 Å². The molecule has 2 N–H and O–H groups in total. The van der Waals surface area contributed by atoms with E-state index in [2.05, 4.69) is 39.1 Å². The van der Waals surface area contributed by atoms with E-state index in [1.54, 1.807) is 0 Å². The molecule has 7 heteroatoms. The Bertz CT molecular complexity index is 1100. The minimum Gasteiger partial charge on any atom is -0.366 e. The molecule has 4 rings (SSSR count). The van der Waals surface area contributed by atoms with Gasteiger partial charge in [0.05, 0.1) is 11.9 Å². The van der Waals surface area contributed by atoms with Crippen molar-refractivity contribution in [2.24, 2.45) is 0 Å². The highest BCUT2D eigenvalue weighted by atomic mass is 15.3. The van der Waals surface area contributed by atoms with Gasteiger partial charge in [0, 0.05) is 24.3 Å². The van der Waals surface area contributed by atoms with Gasteiger partial charge in [0.2, 0.25) is 0 Å². The van der Waals surface area contributed by atoms with Crippen LogP contribution in [0, 0.1) is 0 Å². The number of piperidine rings is 1. The van der Waals surface area contributed by atoms with Gasteiger partial charge in [-0.3, -0.25) is 0 Å². The highest BCUT2D eigenvalue weighted by Crippen LogP contribution is 2.22. The Morgan fingerprint density at radius 1 is 1.09 bits per heavy atom. The lowest BCUT2D eigenvalue weighted by Crippen LogP contribution is -2.36. The first-order valence-corrected chi connectivity index (χ1v) is 11.1. The van der Waals surface area contributed by atoms with E-state index in [1.165, 1.54) is 0 Å². The number of nitrogens with zero attached hydrogens (tertiary/aromatic N) is 5. The van der Waals surface area contributed by atoms with Gasteiger partial charge in [-0.25, -0.2) is 14.5 Å². The maximum Gasteiger partial charge on any atom is 0.154 e. The first kappa shape index (κ1) is 21.8. The highest BCUT2D eigenvalue weighted by Gasteiger charge is 2.17. The van der Waals surface area contributed by atoms with E-state index >= 15 is 0 Å². The smallest absolute Gasteiger partial charge is 0.154 e. The Morgan fingerprint density at radius 3 is 2.66 bits per heavy atom. The van der Waals surface area contributed by atoms with Crippen LogP contribution < -0.4 is 10.6 Å². The van der Waals surface area contributed by atoms with E-state index in [0.717, 1.165) is 60.0 Å². The fraction of sp³-hybridized carbons (Fsp3) is 0.320. The number of hydrogen-bond acceptors (Lipinski definition) is 6. The van der Waals surface area contributed by atoms with E-state index in [-0.39, 0.29) is 0 Å². The summed E-state index contributed by atoms with van der Waals surface area (Å²) in [7, 11) is 2.17. The number of imidazole rings is 1. The lowest BCUT2D eigenvalue weighted by molar-refractivity contribution is 0.263. The molecular formula is C25H31N7. The van der Waals surface area contributed by atoms with Crippen molar-refractivity contribution in [3.8, 4) is 11.3 Å². The van der Waals surface area contributed by atoms with Crippen molar-refractivity contribution in [1.29, 1.82) is 0 Å². The van der Waals surface area contributed by atoms with Gasteiger partial charge in [-0.15, -0.1) is 5.10 Å². The van der Waals surface area contributed by atoms with Crippen LogP contribution in [0.4, 0.5) is 11.6 Å². The quantitative estimate of drug-likeness (QED) is 0.517. The zero-order valence-corrected chi connectivity index (χ0v) is 18.8. The molecule has 1 saturated heterocycles. The molecule has 4 heterocycles. The largest absolute Gasteiger partial charge is 0.366 e. The van der Waals surface area contributed by atoms with Crippen LogP contribution in [0.15, 0.2) is 73.1 Å². The molecule has 1 aliphatic heterocycles. The van der Waals surface area contributed by atoms with Gasteiger partial charge >= 0.3 is 0 Å². The number of allylic oxidation sites excluding steroid dienone is 3. The maximum atomic E-state index is 4.80. The third kappa shape index (κ3) is 5.42. The van der Waals surface area contributed by atoms with Crippen LogP contribution in [-0.4, -0.2) is 57.2 Å². The van der Waals surface area contributed by atoms with Crippen LogP contribution in [0.5, 0.6) is 0 Å². The normalized spacial score (nSPS) is 15.7. The molecule has 0 unspecified atom stereocenters. The van der Waals surface area contributed by atoms with Gasteiger partial charge in [-0.1, -0.05) is 30.9 Å². The monoisotopic (exact) mass is 429 g/mol. The summed E-state index contributed by atoms with van der Waals surface area (Å²) in [5.74, 6) is 1.68. The third-order valence-corrected chi connectivity index (χ3v) is 5.62. The van der Waals surface area contributed by atoms with Crippen molar-refractivity contribution in [3.05, 3.63) is 73.1 Å². The second-order valence-electron chi connectivity index (χ2n) is 8.18. The zero-order valence-electron chi connectivity index (χ0n) is 18.8. The number of rotatable bonds is 8. The minimum atomic E-state index is 0.456. The van der Waals surface area contributed by atoms with Crippen LogP contribution >= 0.6 is 0 Å². The Labute approximate surface area is 189 Å². The Hall–Kier alpha value is -3.45. The van der Waals surface area contributed by atoms with Crippen LogP contribution in [0.2, 0.25) is 0 Å². The van der Waals surface area contributed by atoms with E-state index in [0.29, 0.717) is 12.6 Å². The molecule has 166 valence electrons. The van der Waals surface area contributed by atoms with Gasteiger partial charge in [-0.05, 0) is 69.7 Å². The Kier molecular flexibility index (Phi) is 6.97. The summed E-state index contributed by atoms with van der Waals surface area (Å²) < 4.78 is 1.88. The zero-order chi connectivity index (χ0) is 22.3. The van der Waals surface area contributed by atoms with E-state index in [9.17, 15) is 0 Å². The van der Waals surface area contributed by atoms with Crippen molar-refractivity contribution in [2.45, 2.75) is 25.8 Å². The summed E-state index contributed by atoms with van der Waals surface area (Å²) in [5, 5.41) is 11.7. The molecule has 0 atom stereocenters. The lowest BCUT2D eigenvalue weighted by atomic mass is 10.1. The minimum absolute atomic E-state index is 0.456. The summed E-state index contributed by atoms with van der Waals surface area (Å²) >= 11 is 0. The van der Waals surface area contributed by atoms with E-state index in [4.69, 9.17) is 5.10 Å². The molecule has 0 spiro atoms. The molecule has 1 aliphatic rings. The second-order valence-corrected chi connectivity index (χ2v) is 8.18. The van der Waals surface area contributed by atoms with Gasteiger partial charge in [0.25, 0.3) is 0 Å². The molecule has 0 aliphatic carbocycles. The van der Waals surface area contributed by atoms with Crippen LogP contribution in [-0.2, 0) is 0 Å². The summed E-state index contributed by atoms with van der Waals surface area (Å²) in [5.41, 5.74) is 3.70. The first-order valence-electron chi connectivity index (χ1n) is 11.1. The highest BCUT2D eigenvalue weighted by molar-refractivity contribution is 5.64. The number of pyridine rings is 1. The molecule has 3 aromatic heterocycles. The molecule has 32 heavy (non-hydrogen) atoms. The van der Waals surface area contributed by atoms with Gasteiger partial charge in [0.15, 0.2) is 5.65 Å². The average molecular weight is 430 g/mol. The Balaban J connectivity index is 1.44. The second kappa shape index (κ2) is 10.2. The predicted octanol–water partition coefficient (Wildman–Crippen LogP) is 4.40. The molecule has 1 fully saturated rings. The topological polar surface area (TPSA) is 70.4 Å². The predicted molar refractivity (Wildman–Crippen MR) is 132 cm³/mol. The molecule has 0 bridgehead atoms. The number of aromatic nitrogens is 4. The standard InChI is InChI=1S/C25H31N7/c1-4-5-6-7-19(2)16-26-23-9-8-20(17-27-23)22-18-28-25-11-10-24(30-32(22)25)29-21-12-14-31(3)15-13-21/h4-11,17-18,21H,2,12-16H2,1,3H3,(H,26,27)(H,29,30). The number of likely N-dealkylation sites (tertiary alicyclic amines) is 1. The number of nitrogens with one attached hydrogen (secondary N) is 2. The molecule has 0 aromatic carbocycles. The van der Waals surface area contributed by atoms with Crippen molar-refractivity contribution < 1.29 is 0 Å². The first-order chi connectivity index (χ1) is 15.6. The fourth-order valence-corrected chi connectivity index (χ4v) is 3.72. The molecular weight excluding hydrogens is 398 g/mol. The average Bonchev–Trinajstić information content (AvgIpc) is 3.23. The molecule has 0 amide bonds.